The van der Waals surface area contributed by atoms with Gasteiger partial charge < -0.3 is 15.4 Å². The first-order valence-electron chi connectivity index (χ1n) is 14.8. The quantitative estimate of drug-likeness (QED) is 0.196. The van der Waals surface area contributed by atoms with Crippen LogP contribution < -0.4 is 15.8 Å². The van der Waals surface area contributed by atoms with Crippen molar-refractivity contribution in [2.45, 2.75) is 51.4 Å². The molecule has 1 fully saturated rings. The zero-order valence-corrected chi connectivity index (χ0v) is 23.9. The number of rotatable bonds is 12. The first kappa shape index (κ1) is 29.0. The number of pyridine rings is 1. The first-order chi connectivity index (χ1) is 20.5. The lowest BCUT2D eigenvalue weighted by atomic mass is 10.0. The molecule has 0 aliphatic carbocycles. The number of unbranched alkanes of at least 4 members (excludes halogenated alkanes) is 3. The molecule has 0 atom stereocenters. The van der Waals surface area contributed by atoms with Crippen LogP contribution in [0.2, 0.25) is 0 Å². The number of piperidine rings is 1. The highest BCUT2D eigenvalue weighted by Gasteiger charge is 2.15. The third kappa shape index (κ3) is 8.04. The molecule has 5 rings (SSSR count). The molecule has 9 nitrogen and oxygen atoms in total. The minimum Gasteiger partial charge on any atom is -0.391 e. The minimum absolute atomic E-state index is 0.112. The first-order valence-corrected chi connectivity index (χ1v) is 14.8. The molecular weight excluding hydrogens is 528 g/mol. The zero-order chi connectivity index (χ0) is 29.1. The average molecular weight is 567 g/mol. The average Bonchev–Trinajstić information content (AvgIpc) is 3.42. The third-order valence-corrected chi connectivity index (χ3v) is 7.52. The lowest BCUT2D eigenvalue weighted by Gasteiger charge is -2.26. The van der Waals surface area contributed by atoms with E-state index < -0.39 is 6.09 Å². The number of hydrogen-bond donors (Lipinski definition) is 2. The Kier molecular flexibility index (Phi) is 9.95. The molecule has 0 spiro atoms. The Morgan fingerprint density at radius 2 is 1.69 bits per heavy atom. The largest absolute Gasteiger partial charge is 0.411 e. The van der Waals surface area contributed by atoms with Gasteiger partial charge in [-0.1, -0.05) is 49.6 Å². The van der Waals surface area contributed by atoms with Crippen molar-refractivity contribution in [3.8, 4) is 22.7 Å². The number of nitrogens with zero attached hydrogens (tertiary/aromatic N) is 4. The van der Waals surface area contributed by atoms with Gasteiger partial charge in [-0.25, -0.2) is 14.8 Å². The van der Waals surface area contributed by atoms with Gasteiger partial charge in [0.25, 0.3) is 5.91 Å². The molecule has 1 aliphatic heterocycles. The smallest absolute Gasteiger partial charge is 0.391 e. The standard InChI is InChI=1S/C33H38N6O3/c34-32(41)42-30-18-17-27(23-35-30)25-12-11-13-26(22-25)31(40)37-33-36-28(24-39(33)29-15-6-3-7-16-29)14-5-1-2-8-19-38-20-9-4-10-21-38/h3,6-7,11-13,15-18,22-24H,1-2,4-5,8-10,14,19-21H2,(H2,34,41)(H,36,37,40). The molecule has 218 valence electrons. The monoisotopic (exact) mass is 566 g/mol. The number of imidazole rings is 1. The number of hydrogen-bond acceptors (Lipinski definition) is 6. The maximum Gasteiger partial charge on any atom is 0.411 e. The molecule has 0 unspecified atom stereocenters. The van der Waals surface area contributed by atoms with Gasteiger partial charge in [-0.3, -0.25) is 14.7 Å². The molecule has 0 bridgehead atoms. The molecule has 2 amide bonds. The highest BCUT2D eigenvalue weighted by atomic mass is 16.6. The summed E-state index contributed by atoms with van der Waals surface area (Å²) in [6.45, 7) is 3.73. The number of aromatic nitrogens is 3. The van der Waals surface area contributed by atoms with E-state index in [4.69, 9.17) is 15.5 Å². The molecule has 1 aliphatic rings. The summed E-state index contributed by atoms with van der Waals surface area (Å²) < 4.78 is 6.74. The Morgan fingerprint density at radius 1 is 0.881 bits per heavy atom. The van der Waals surface area contributed by atoms with Gasteiger partial charge in [0, 0.05) is 35.3 Å². The van der Waals surface area contributed by atoms with Crippen molar-refractivity contribution >= 4 is 17.9 Å². The van der Waals surface area contributed by atoms with Crippen molar-refractivity contribution in [1.82, 2.24) is 19.4 Å². The van der Waals surface area contributed by atoms with Crippen LogP contribution in [0.15, 0.2) is 79.1 Å². The van der Waals surface area contributed by atoms with Crippen LogP contribution in [0.1, 0.15) is 61.0 Å². The van der Waals surface area contributed by atoms with Gasteiger partial charge >= 0.3 is 6.09 Å². The Morgan fingerprint density at radius 3 is 2.45 bits per heavy atom. The lowest BCUT2D eigenvalue weighted by Crippen LogP contribution is -2.30. The van der Waals surface area contributed by atoms with E-state index in [1.165, 1.54) is 58.2 Å². The summed E-state index contributed by atoms with van der Waals surface area (Å²) in [5.41, 5.74) is 9.00. The summed E-state index contributed by atoms with van der Waals surface area (Å²) >= 11 is 0. The Bertz CT molecular complexity index is 1460. The van der Waals surface area contributed by atoms with E-state index in [1.807, 2.05) is 53.2 Å². The van der Waals surface area contributed by atoms with E-state index in [1.54, 1.807) is 30.5 Å². The fourth-order valence-corrected chi connectivity index (χ4v) is 5.33. The van der Waals surface area contributed by atoms with Crippen LogP contribution in [-0.4, -0.2) is 51.1 Å². The molecule has 9 heteroatoms. The highest BCUT2D eigenvalue weighted by Crippen LogP contribution is 2.23. The van der Waals surface area contributed by atoms with Crippen LogP contribution in [0.5, 0.6) is 5.88 Å². The number of ether oxygens (including phenoxy) is 1. The molecule has 2 aromatic heterocycles. The van der Waals surface area contributed by atoms with Gasteiger partial charge in [0.15, 0.2) is 0 Å². The number of carbonyl (C=O) groups is 2. The van der Waals surface area contributed by atoms with Crippen LogP contribution in [0, 0.1) is 0 Å². The van der Waals surface area contributed by atoms with E-state index in [2.05, 4.69) is 15.2 Å². The van der Waals surface area contributed by atoms with Crippen molar-refractivity contribution in [2.24, 2.45) is 5.73 Å². The summed E-state index contributed by atoms with van der Waals surface area (Å²) in [5, 5.41) is 3.02. The van der Waals surface area contributed by atoms with Crippen molar-refractivity contribution in [3.63, 3.8) is 0 Å². The summed E-state index contributed by atoms with van der Waals surface area (Å²) in [6.07, 6.45) is 12.3. The normalized spacial score (nSPS) is 13.5. The molecule has 42 heavy (non-hydrogen) atoms. The van der Waals surface area contributed by atoms with Gasteiger partial charge in [-0.2, -0.15) is 0 Å². The highest BCUT2D eigenvalue weighted by molar-refractivity contribution is 6.04. The number of primary amides is 1. The summed E-state index contributed by atoms with van der Waals surface area (Å²) in [4.78, 5) is 35.9. The molecule has 3 heterocycles. The second-order valence-electron chi connectivity index (χ2n) is 10.7. The van der Waals surface area contributed by atoms with E-state index in [0.29, 0.717) is 11.5 Å². The second kappa shape index (κ2) is 14.4. The zero-order valence-electron chi connectivity index (χ0n) is 23.9. The minimum atomic E-state index is -0.922. The number of para-hydroxylation sites is 1. The molecular formula is C33H38N6O3. The fraction of sp³-hybridized carbons (Fsp3) is 0.333. The molecule has 2 aromatic carbocycles. The van der Waals surface area contributed by atoms with E-state index in [0.717, 1.165) is 35.3 Å². The Hall–Kier alpha value is -4.50. The molecule has 0 saturated carbocycles. The van der Waals surface area contributed by atoms with Crippen LogP contribution in [0.25, 0.3) is 16.8 Å². The maximum absolute atomic E-state index is 13.4. The van der Waals surface area contributed by atoms with Crippen LogP contribution in [0.3, 0.4) is 0 Å². The van der Waals surface area contributed by atoms with Crippen LogP contribution in [0.4, 0.5) is 10.7 Å². The molecule has 0 radical (unpaired) electrons. The number of likely N-dealkylation sites (tertiary alicyclic amines) is 1. The summed E-state index contributed by atoms with van der Waals surface area (Å²) in [5.74, 6) is 0.345. The van der Waals surface area contributed by atoms with Gasteiger partial charge in [-0.05, 0) is 87.6 Å². The predicted molar refractivity (Wildman–Crippen MR) is 164 cm³/mol. The SMILES string of the molecule is NC(=O)Oc1ccc(-c2cccc(C(=O)Nc3nc(CCCCCCN4CCCCC4)cn3-c3ccccc3)c2)cn1. The molecule has 4 aromatic rings. The predicted octanol–water partition coefficient (Wildman–Crippen LogP) is 6.23. The Balaban J connectivity index is 1.23. The second-order valence-corrected chi connectivity index (χ2v) is 10.7. The summed E-state index contributed by atoms with van der Waals surface area (Å²) in [6, 6.07) is 20.5. The number of carbonyl (C=O) groups excluding carboxylic acids is 2. The number of anilines is 1. The number of nitrogens with two attached hydrogens (primary N) is 1. The number of amides is 2. The van der Waals surface area contributed by atoms with E-state index >= 15 is 0 Å². The summed E-state index contributed by atoms with van der Waals surface area (Å²) in [7, 11) is 0. The van der Waals surface area contributed by atoms with Crippen molar-refractivity contribution in [2.75, 3.05) is 25.0 Å². The van der Waals surface area contributed by atoms with E-state index in [-0.39, 0.29) is 11.8 Å². The Labute approximate surface area is 246 Å². The van der Waals surface area contributed by atoms with Crippen molar-refractivity contribution < 1.29 is 14.3 Å². The molecule has 3 N–H and O–H groups in total. The number of nitrogens with one attached hydrogen (secondary N) is 1. The fourth-order valence-electron chi connectivity index (χ4n) is 5.33. The van der Waals surface area contributed by atoms with Crippen LogP contribution in [-0.2, 0) is 6.42 Å². The third-order valence-electron chi connectivity index (χ3n) is 7.52. The lowest BCUT2D eigenvalue weighted by molar-refractivity contribution is 0.102. The van der Waals surface area contributed by atoms with Gasteiger partial charge in [0.05, 0.1) is 5.69 Å². The number of benzene rings is 2. The van der Waals surface area contributed by atoms with Gasteiger partial charge in [0.2, 0.25) is 11.8 Å². The van der Waals surface area contributed by atoms with Crippen molar-refractivity contribution in [3.05, 3.63) is 90.4 Å². The number of aryl methyl sites for hydroxylation is 1. The van der Waals surface area contributed by atoms with Crippen molar-refractivity contribution in [1.29, 1.82) is 0 Å². The van der Waals surface area contributed by atoms with Gasteiger partial charge in [-0.15, -0.1) is 0 Å². The maximum atomic E-state index is 13.4. The van der Waals surface area contributed by atoms with E-state index in [9.17, 15) is 9.59 Å². The topological polar surface area (TPSA) is 115 Å². The molecule has 1 saturated heterocycles. The van der Waals surface area contributed by atoms with Gasteiger partial charge in [0.1, 0.15) is 0 Å². The van der Waals surface area contributed by atoms with Crippen LogP contribution >= 0.6 is 0 Å².